The first-order valence-corrected chi connectivity index (χ1v) is 6.70. The van der Waals surface area contributed by atoms with Gasteiger partial charge in [0, 0.05) is 16.1 Å². The molecule has 0 aromatic heterocycles. The van der Waals surface area contributed by atoms with E-state index >= 15 is 0 Å². The number of amides is 1. The summed E-state index contributed by atoms with van der Waals surface area (Å²) in [5.41, 5.74) is 0.851. The molecule has 2 N–H and O–H groups in total. The number of carbonyl (C=O) groups excluding carboxylic acids is 1. The lowest BCUT2D eigenvalue weighted by Crippen LogP contribution is -2.38. The number of halogens is 2. The molecule has 0 fully saturated rings. The van der Waals surface area contributed by atoms with Crippen LogP contribution in [-0.4, -0.2) is 42.0 Å². The molecular formula is C13H16Cl2N2O3. The highest BCUT2D eigenvalue weighted by atomic mass is 35.5. The Morgan fingerprint density at radius 1 is 1.40 bits per heavy atom. The summed E-state index contributed by atoms with van der Waals surface area (Å²) in [5.74, 6) is -1.43. The quantitative estimate of drug-likeness (QED) is 0.843. The van der Waals surface area contributed by atoms with Gasteiger partial charge >= 0.3 is 5.97 Å². The first-order valence-electron chi connectivity index (χ1n) is 5.95. The van der Waals surface area contributed by atoms with Gasteiger partial charge in [-0.1, -0.05) is 29.3 Å². The zero-order valence-electron chi connectivity index (χ0n) is 11.2. The van der Waals surface area contributed by atoms with Crippen molar-refractivity contribution >= 4 is 35.1 Å². The summed E-state index contributed by atoms with van der Waals surface area (Å²) in [7, 11) is 1.76. The molecule has 0 spiro atoms. The van der Waals surface area contributed by atoms with Crippen LogP contribution < -0.4 is 5.32 Å². The van der Waals surface area contributed by atoms with Gasteiger partial charge in [-0.05, 0) is 31.7 Å². The van der Waals surface area contributed by atoms with Gasteiger partial charge in [-0.3, -0.25) is 14.5 Å². The fraction of sp³-hybridized carbons (Fsp3) is 0.385. The predicted molar refractivity (Wildman–Crippen MR) is 78.2 cm³/mol. The fourth-order valence-electron chi connectivity index (χ4n) is 1.67. The Hall–Kier alpha value is -1.30. The summed E-state index contributed by atoms with van der Waals surface area (Å²) in [6.45, 7) is 1.59. The number of aliphatic carboxylic acids is 1. The molecule has 7 heteroatoms. The Morgan fingerprint density at radius 2 is 2.05 bits per heavy atom. The Bertz CT molecular complexity index is 508. The predicted octanol–water partition coefficient (Wildman–Crippen LogP) is 2.19. The van der Waals surface area contributed by atoms with Crippen molar-refractivity contribution in [3.63, 3.8) is 0 Å². The highest BCUT2D eigenvalue weighted by molar-refractivity contribution is 6.35. The van der Waals surface area contributed by atoms with Crippen molar-refractivity contribution in [2.45, 2.75) is 13.0 Å². The van der Waals surface area contributed by atoms with Gasteiger partial charge in [-0.2, -0.15) is 0 Å². The second-order valence-electron chi connectivity index (χ2n) is 4.43. The monoisotopic (exact) mass is 318 g/mol. The van der Waals surface area contributed by atoms with Gasteiger partial charge < -0.3 is 10.4 Å². The van der Waals surface area contributed by atoms with Gasteiger partial charge in [0.2, 0.25) is 5.91 Å². The lowest BCUT2D eigenvalue weighted by atomic mass is 10.1. The molecule has 1 aromatic carbocycles. The highest BCUT2D eigenvalue weighted by Crippen LogP contribution is 2.28. The summed E-state index contributed by atoms with van der Waals surface area (Å²) in [4.78, 5) is 23.7. The smallest absolute Gasteiger partial charge is 0.322 e. The number of nitrogens with one attached hydrogen (secondary N) is 1. The van der Waals surface area contributed by atoms with E-state index in [0.29, 0.717) is 10.0 Å². The summed E-state index contributed by atoms with van der Waals surface area (Å²) in [5, 5.41) is 11.9. The van der Waals surface area contributed by atoms with E-state index in [1.807, 2.05) is 6.92 Å². The number of hydrogen-bond acceptors (Lipinski definition) is 3. The summed E-state index contributed by atoms with van der Waals surface area (Å²) < 4.78 is 0. The third-order valence-corrected chi connectivity index (χ3v) is 3.47. The minimum atomic E-state index is -1.07. The third-order valence-electron chi connectivity index (χ3n) is 2.90. The Labute approximate surface area is 127 Å². The molecule has 5 nitrogen and oxygen atoms in total. The van der Waals surface area contributed by atoms with Crippen molar-refractivity contribution < 1.29 is 14.7 Å². The van der Waals surface area contributed by atoms with Gasteiger partial charge in [0.25, 0.3) is 0 Å². The van der Waals surface area contributed by atoms with Crippen LogP contribution in [0.25, 0.3) is 0 Å². The second-order valence-corrected chi connectivity index (χ2v) is 5.27. The maximum absolute atomic E-state index is 11.6. The number of carboxylic acid groups (broad SMARTS) is 1. The van der Waals surface area contributed by atoms with Crippen LogP contribution in [0, 0.1) is 0 Å². The van der Waals surface area contributed by atoms with Crippen LogP contribution in [0.2, 0.25) is 10.0 Å². The van der Waals surface area contributed by atoms with Crippen molar-refractivity contribution in [2.75, 3.05) is 20.1 Å². The van der Waals surface area contributed by atoms with Crippen LogP contribution in [-0.2, 0) is 9.59 Å². The van der Waals surface area contributed by atoms with E-state index < -0.39 is 5.97 Å². The van der Waals surface area contributed by atoms with Crippen molar-refractivity contribution in [3.8, 4) is 0 Å². The molecule has 1 atom stereocenters. The number of carbonyl (C=O) groups is 2. The molecule has 0 bridgehead atoms. The average Bonchev–Trinajstić information content (AvgIpc) is 2.35. The molecule has 1 amide bonds. The Kier molecular flexibility index (Phi) is 6.26. The van der Waals surface area contributed by atoms with Gasteiger partial charge in [0.1, 0.15) is 6.54 Å². The molecule has 0 saturated carbocycles. The number of hydrogen-bond donors (Lipinski definition) is 2. The van der Waals surface area contributed by atoms with E-state index in [4.69, 9.17) is 28.3 Å². The van der Waals surface area contributed by atoms with Crippen molar-refractivity contribution in [2.24, 2.45) is 0 Å². The van der Waals surface area contributed by atoms with E-state index in [0.717, 1.165) is 5.56 Å². The van der Waals surface area contributed by atoms with Crippen molar-refractivity contribution in [3.05, 3.63) is 33.8 Å². The molecule has 1 unspecified atom stereocenters. The molecule has 0 aliphatic rings. The fourth-order valence-corrected chi connectivity index (χ4v) is 2.24. The standard InChI is InChI=1S/C13H16Cl2N2O3/c1-8(10-4-3-9(14)5-11(10)15)17(2)7-12(18)16-6-13(19)20/h3-5,8H,6-7H2,1-2H3,(H,16,18)(H,19,20). The first-order chi connectivity index (χ1) is 9.31. The number of benzene rings is 1. The van der Waals surface area contributed by atoms with Crippen LogP contribution in [0.15, 0.2) is 18.2 Å². The summed E-state index contributed by atoms with van der Waals surface area (Å²) in [6.07, 6.45) is 0. The van der Waals surface area contributed by atoms with E-state index in [2.05, 4.69) is 5.32 Å². The molecular weight excluding hydrogens is 303 g/mol. The van der Waals surface area contributed by atoms with E-state index in [9.17, 15) is 9.59 Å². The SMILES string of the molecule is CC(c1ccc(Cl)cc1Cl)N(C)CC(=O)NCC(=O)O. The Balaban J connectivity index is 2.64. The third kappa shape index (κ3) is 5.00. The molecule has 20 heavy (non-hydrogen) atoms. The van der Waals surface area contributed by atoms with Gasteiger partial charge in [0.15, 0.2) is 0 Å². The van der Waals surface area contributed by atoms with E-state index in [1.165, 1.54) is 0 Å². The Morgan fingerprint density at radius 3 is 2.60 bits per heavy atom. The van der Waals surface area contributed by atoms with Crippen LogP contribution in [0.4, 0.5) is 0 Å². The van der Waals surface area contributed by atoms with E-state index in [1.54, 1.807) is 30.1 Å². The lowest BCUT2D eigenvalue weighted by Gasteiger charge is -2.25. The van der Waals surface area contributed by atoms with Gasteiger partial charge in [0.05, 0.1) is 6.54 Å². The van der Waals surface area contributed by atoms with Crippen LogP contribution in [0.3, 0.4) is 0 Å². The molecule has 1 rings (SSSR count). The maximum Gasteiger partial charge on any atom is 0.322 e. The molecule has 0 radical (unpaired) electrons. The number of rotatable bonds is 6. The van der Waals surface area contributed by atoms with Crippen LogP contribution in [0.5, 0.6) is 0 Å². The van der Waals surface area contributed by atoms with Gasteiger partial charge in [-0.15, -0.1) is 0 Å². The topological polar surface area (TPSA) is 69.6 Å². The lowest BCUT2D eigenvalue weighted by molar-refractivity contribution is -0.138. The average molecular weight is 319 g/mol. The molecule has 1 aromatic rings. The van der Waals surface area contributed by atoms with Crippen molar-refractivity contribution in [1.82, 2.24) is 10.2 Å². The van der Waals surface area contributed by atoms with Crippen molar-refractivity contribution in [1.29, 1.82) is 0 Å². The number of nitrogens with zero attached hydrogens (tertiary/aromatic N) is 1. The molecule has 0 saturated heterocycles. The second kappa shape index (κ2) is 7.47. The number of carboxylic acids is 1. The largest absolute Gasteiger partial charge is 0.480 e. The first kappa shape index (κ1) is 16.8. The summed E-state index contributed by atoms with van der Waals surface area (Å²) in [6, 6.07) is 5.08. The summed E-state index contributed by atoms with van der Waals surface area (Å²) >= 11 is 12.0. The highest BCUT2D eigenvalue weighted by Gasteiger charge is 2.17. The van der Waals surface area contributed by atoms with Crippen LogP contribution >= 0.6 is 23.2 Å². The van der Waals surface area contributed by atoms with Gasteiger partial charge in [-0.25, -0.2) is 0 Å². The number of likely N-dealkylation sites (N-methyl/N-ethyl adjacent to an activating group) is 1. The minimum absolute atomic E-state index is 0.0768. The maximum atomic E-state index is 11.6. The normalized spacial score (nSPS) is 12.2. The van der Waals surface area contributed by atoms with E-state index in [-0.39, 0.29) is 25.0 Å². The minimum Gasteiger partial charge on any atom is -0.480 e. The van der Waals surface area contributed by atoms with Crippen LogP contribution in [0.1, 0.15) is 18.5 Å². The zero-order valence-corrected chi connectivity index (χ0v) is 12.7. The zero-order chi connectivity index (χ0) is 15.3. The molecule has 0 aliphatic heterocycles. The molecule has 0 aliphatic carbocycles. The molecule has 0 heterocycles. The molecule has 110 valence electrons.